The van der Waals surface area contributed by atoms with E-state index in [1.54, 1.807) is 0 Å². The van der Waals surface area contributed by atoms with Crippen LogP contribution >= 0.6 is 0 Å². The number of nitrogens with zero attached hydrogens (tertiary/aromatic N) is 4. The van der Waals surface area contributed by atoms with Gasteiger partial charge in [0.2, 0.25) is 0 Å². The van der Waals surface area contributed by atoms with E-state index in [9.17, 15) is 0 Å². The van der Waals surface area contributed by atoms with E-state index in [1.165, 1.54) is 5.39 Å². The van der Waals surface area contributed by atoms with Gasteiger partial charge in [-0.3, -0.25) is 4.57 Å². The third kappa shape index (κ3) is 5.40. The fourth-order valence-electron chi connectivity index (χ4n) is 6.29. The number of fused-ring (bicyclic) bond motifs is 3. The first-order valence-electron chi connectivity index (χ1n) is 15.7. The molecule has 3 aromatic heterocycles. The lowest BCUT2D eigenvalue weighted by Gasteiger charge is -2.13. The zero-order valence-electron chi connectivity index (χ0n) is 26.2. The Balaban J connectivity index is 1.18. The lowest BCUT2D eigenvalue weighted by molar-refractivity contribution is 0.298. The first kappa shape index (κ1) is 28.3. The molecule has 0 unspecified atom stereocenters. The van der Waals surface area contributed by atoms with Gasteiger partial charge in [-0.1, -0.05) is 72.8 Å². The number of ether oxygens (including phenoxy) is 2. The predicted molar refractivity (Wildman–Crippen MR) is 188 cm³/mol. The largest absolute Gasteiger partial charge is 0.487 e. The molecule has 0 fully saturated rings. The van der Waals surface area contributed by atoms with Gasteiger partial charge in [0.25, 0.3) is 0 Å². The van der Waals surface area contributed by atoms with Gasteiger partial charge < -0.3 is 9.47 Å². The Labute approximate surface area is 273 Å². The van der Waals surface area contributed by atoms with Gasteiger partial charge in [0.05, 0.1) is 28.1 Å². The van der Waals surface area contributed by atoms with Crippen molar-refractivity contribution in [1.82, 2.24) is 19.3 Å². The Morgan fingerprint density at radius 1 is 0.617 bits per heavy atom. The first-order chi connectivity index (χ1) is 23.1. The van der Waals surface area contributed by atoms with Gasteiger partial charge in [0.15, 0.2) is 0 Å². The number of aromatic nitrogens is 4. The second-order valence-electron chi connectivity index (χ2n) is 11.6. The molecule has 0 aliphatic rings. The summed E-state index contributed by atoms with van der Waals surface area (Å²) in [6, 6.07) is 47.1. The van der Waals surface area contributed by atoms with Crippen molar-refractivity contribution in [2.45, 2.75) is 20.5 Å². The van der Waals surface area contributed by atoms with Crippen LogP contribution in [0.5, 0.6) is 17.2 Å². The van der Waals surface area contributed by atoms with Crippen molar-refractivity contribution in [1.29, 1.82) is 0 Å². The third-order valence-electron chi connectivity index (χ3n) is 8.41. The van der Waals surface area contributed by atoms with E-state index in [-0.39, 0.29) is 0 Å². The molecule has 47 heavy (non-hydrogen) atoms. The molecule has 5 aromatic carbocycles. The molecule has 0 bridgehead atoms. The predicted octanol–water partition coefficient (Wildman–Crippen LogP) is 10.0. The molecule has 0 saturated carbocycles. The molecule has 0 N–H and O–H groups in total. The molecular formula is C41H32N4O2. The van der Waals surface area contributed by atoms with Crippen molar-refractivity contribution in [3.05, 3.63) is 163 Å². The third-order valence-corrected chi connectivity index (χ3v) is 8.41. The van der Waals surface area contributed by atoms with Gasteiger partial charge in [0.1, 0.15) is 29.7 Å². The van der Waals surface area contributed by atoms with Crippen molar-refractivity contribution in [2.75, 3.05) is 0 Å². The molecule has 8 aromatic rings. The molecule has 0 saturated heterocycles. The highest BCUT2D eigenvalue weighted by molar-refractivity contribution is 6.09. The minimum absolute atomic E-state index is 0.356. The fourth-order valence-corrected chi connectivity index (χ4v) is 6.29. The summed E-state index contributed by atoms with van der Waals surface area (Å²) in [5, 5.41) is 7.33. The summed E-state index contributed by atoms with van der Waals surface area (Å²) in [6.45, 7) is 4.49. The van der Waals surface area contributed by atoms with Gasteiger partial charge in [-0.15, -0.1) is 0 Å². The Morgan fingerprint density at radius 2 is 1.34 bits per heavy atom. The van der Waals surface area contributed by atoms with Crippen LogP contribution in [0.1, 0.15) is 17.0 Å². The van der Waals surface area contributed by atoms with Crippen molar-refractivity contribution in [3.8, 4) is 39.9 Å². The highest BCUT2D eigenvalue weighted by Gasteiger charge is 2.20. The van der Waals surface area contributed by atoms with E-state index < -0.39 is 0 Å². The molecule has 0 aliphatic carbocycles. The van der Waals surface area contributed by atoms with Gasteiger partial charge in [-0.25, -0.2) is 9.67 Å². The number of rotatable bonds is 8. The number of pyridine rings is 1. The smallest absolute Gasteiger partial charge is 0.137 e. The van der Waals surface area contributed by atoms with Crippen LogP contribution in [0.3, 0.4) is 0 Å². The van der Waals surface area contributed by atoms with Crippen LogP contribution in [0.15, 0.2) is 146 Å². The quantitative estimate of drug-likeness (QED) is 0.171. The molecule has 0 radical (unpaired) electrons. The van der Waals surface area contributed by atoms with Gasteiger partial charge >= 0.3 is 0 Å². The van der Waals surface area contributed by atoms with Gasteiger partial charge in [0, 0.05) is 34.7 Å². The Bertz CT molecular complexity index is 2360. The first-order valence-corrected chi connectivity index (χ1v) is 15.7. The van der Waals surface area contributed by atoms with E-state index in [0.29, 0.717) is 12.4 Å². The van der Waals surface area contributed by atoms with Crippen LogP contribution in [0.25, 0.3) is 44.4 Å². The summed E-state index contributed by atoms with van der Waals surface area (Å²) in [5.74, 6) is 3.13. The van der Waals surface area contributed by atoms with Gasteiger partial charge in [-0.05, 0) is 79.6 Å². The highest BCUT2D eigenvalue weighted by Crippen LogP contribution is 2.36. The van der Waals surface area contributed by atoms with Crippen LogP contribution in [0, 0.1) is 13.8 Å². The molecule has 0 amide bonds. The number of hydrogen-bond acceptors (Lipinski definition) is 4. The topological polar surface area (TPSA) is 54.1 Å². The molecule has 0 aliphatic heterocycles. The Hall–Kier alpha value is -6.14. The monoisotopic (exact) mass is 612 g/mol. The molecule has 8 rings (SSSR count). The van der Waals surface area contributed by atoms with E-state index in [1.807, 2.05) is 103 Å². The standard InChI is InChI=1S/C41H32N4O2/c1-28-22-23-42-40(24-28)44-37-19-10-9-18-35(37)36-21-20-34(26-38(36)44)47-33-17-11-14-31(25-33)45-39(27-46-32-15-7-4-8-16-32)41(29(2)43-45)30-12-5-3-6-13-30/h3-26H,27H2,1-2H3. The Morgan fingerprint density at radius 3 is 2.17 bits per heavy atom. The average molecular weight is 613 g/mol. The number of benzene rings is 5. The van der Waals surface area contributed by atoms with Crippen LogP contribution in [-0.2, 0) is 6.61 Å². The second kappa shape index (κ2) is 12.0. The molecule has 6 nitrogen and oxygen atoms in total. The molecule has 0 atom stereocenters. The van der Waals surface area contributed by atoms with Gasteiger partial charge in [-0.2, -0.15) is 5.10 Å². The molecule has 6 heteroatoms. The van der Waals surface area contributed by atoms with Crippen molar-refractivity contribution >= 4 is 21.8 Å². The van der Waals surface area contributed by atoms with Crippen LogP contribution < -0.4 is 9.47 Å². The van der Waals surface area contributed by atoms with Crippen LogP contribution in [0.4, 0.5) is 0 Å². The fraction of sp³-hybridized carbons (Fsp3) is 0.0732. The van der Waals surface area contributed by atoms with Crippen molar-refractivity contribution in [2.24, 2.45) is 0 Å². The number of hydrogen-bond donors (Lipinski definition) is 0. The maximum atomic E-state index is 6.54. The summed E-state index contributed by atoms with van der Waals surface area (Å²) >= 11 is 0. The normalized spacial score (nSPS) is 11.3. The van der Waals surface area contributed by atoms with E-state index in [2.05, 4.69) is 66.1 Å². The summed E-state index contributed by atoms with van der Waals surface area (Å²) in [5.41, 5.74) is 8.24. The minimum Gasteiger partial charge on any atom is -0.487 e. The summed E-state index contributed by atoms with van der Waals surface area (Å²) < 4.78 is 17.0. The Kier molecular flexibility index (Phi) is 7.23. The zero-order valence-corrected chi connectivity index (χ0v) is 26.2. The minimum atomic E-state index is 0.356. The summed E-state index contributed by atoms with van der Waals surface area (Å²) in [4.78, 5) is 4.72. The molecule has 228 valence electrons. The number of aryl methyl sites for hydroxylation is 2. The van der Waals surface area contributed by atoms with Crippen molar-refractivity contribution in [3.63, 3.8) is 0 Å². The van der Waals surface area contributed by atoms with Crippen molar-refractivity contribution < 1.29 is 9.47 Å². The highest BCUT2D eigenvalue weighted by atomic mass is 16.5. The summed E-state index contributed by atoms with van der Waals surface area (Å²) in [6.07, 6.45) is 1.86. The lowest BCUT2D eigenvalue weighted by atomic mass is 10.0. The van der Waals surface area contributed by atoms with E-state index in [0.717, 1.165) is 67.5 Å². The maximum absolute atomic E-state index is 6.54. The summed E-state index contributed by atoms with van der Waals surface area (Å²) in [7, 11) is 0. The SMILES string of the molecule is Cc1ccnc(-n2c3ccccc3c3ccc(Oc4cccc(-n5nc(C)c(-c6ccccc6)c5COc5ccccc5)c4)cc32)c1. The van der Waals surface area contributed by atoms with Crippen LogP contribution in [-0.4, -0.2) is 19.3 Å². The van der Waals surface area contributed by atoms with E-state index in [4.69, 9.17) is 19.6 Å². The second-order valence-corrected chi connectivity index (χ2v) is 11.6. The average Bonchev–Trinajstić information content (AvgIpc) is 3.62. The number of para-hydroxylation sites is 2. The molecule has 3 heterocycles. The zero-order chi connectivity index (χ0) is 31.7. The maximum Gasteiger partial charge on any atom is 0.137 e. The molecule has 0 spiro atoms. The lowest BCUT2D eigenvalue weighted by Crippen LogP contribution is -2.07. The van der Waals surface area contributed by atoms with Crippen LogP contribution in [0.2, 0.25) is 0 Å². The molecular weight excluding hydrogens is 580 g/mol. The van der Waals surface area contributed by atoms with E-state index >= 15 is 0 Å².